The summed E-state index contributed by atoms with van der Waals surface area (Å²) in [5.74, 6) is -0.918. The van der Waals surface area contributed by atoms with Gasteiger partial charge in [0.1, 0.15) is 11.4 Å². The number of nitrogens with zero attached hydrogens (tertiary/aromatic N) is 4. The molecule has 4 aliphatic rings. The summed E-state index contributed by atoms with van der Waals surface area (Å²) in [5, 5.41) is 8.99. The van der Waals surface area contributed by atoms with E-state index in [-0.39, 0.29) is 17.1 Å². The lowest BCUT2D eigenvalue weighted by Gasteiger charge is -2.21. The van der Waals surface area contributed by atoms with E-state index < -0.39 is 5.97 Å². The lowest BCUT2D eigenvalue weighted by atomic mass is 10.0. The van der Waals surface area contributed by atoms with Gasteiger partial charge in [0.2, 0.25) is 11.6 Å². The van der Waals surface area contributed by atoms with E-state index in [4.69, 9.17) is 5.11 Å². The average molecular weight is 457 g/mol. The smallest absolute Gasteiger partial charge is 0.337 e. The van der Waals surface area contributed by atoms with E-state index in [1.165, 1.54) is 6.08 Å². The fourth-order valence-electron chi connectivity index (χ4n) is 3.73. The third-order valence-electron chi connectivity index (χ3n) is 5.77. The van der Waals surface area contributed by atoms with Crippen LogP contribution in [0, 0.1) is 0 Å². The van der Waals surface area contributed by atoms with Crippen LogP contribution < -0.4 is 0 Å². The van der Waals surface area contributed by atoms with E-state index in [9.17, 15) is 14.4 Å². The fraction of sp³-hybridized carbons (Fsp3) is 0.231. The summed E-state index contributed by atoms with van der Waals surface area (Å²) in [4.78, 5) is 45.6. The van der Waals surface area contributed by atoms with Gasteiger partial charge in [-0.25, -0.2) is 4.79 Å². The van der Waals surface area contributed by atoms with E-state index in [2.05, 4.69) is 4.99 Å². The minimum absolute atomic E-state index is 0.00546. The van der Waals surface area contributed by atoms with Gasteiger partial charge < -0.3 is 19.8 Å². The Morgan fingerprint density at radius 1 is 0.794 bits per heavy atom. The van der Waals surface area contributed by atoms with Gasteiger partial charge in [0, 0.05) is 51.6 Å². The van der Waals surface area contributed by atoms with Crippen LogP contribution in [0.2, 0.25) is 0 Å². The zero-order chi connectivity index (χ0) is 23.7. The highest BCUT2D eigenvalue weighted by atomic mass is 16.4. The average Bonchev–Trinajstić information content (AvgIpc) is 3.70. The number of hydrogen-bond acceptors (Lipinski definition) is 7. The molecule has 3 fully saturated rings. The van der Waals surface area contributed by atoms with E-state index in [0.29, 0.717) is 22.8 Å². The van der Waals surface area contributed by atoms with Crippen LogP contribution in [0.15, 0.2) is 82.8 Å². The van der Waals surface area contributed by atoms with Gasteiger partial charge in [0.25, 0.3) is 0 Å². The molecule has 3 heterocycles. The molecular weight excluding hydrogens is 432 g/mol. The molecule has 0 saturated carbocycles. The van der Waals surface area contributed by atoms with Crippen molar-refractivity contribution in [3.05, 3.63) is 88.9 Å². The molecule has 1 aliphatic carbocycles. The largest absolute Gasteiger partial charge is 0.478 e. The fourth-order valence-corrected chi connectivity index (χ4v) is 3.73. The maximum atomic E-state index is 12.4. The number of rotatable bonds is 6. The predicted octanol–water partition coefficient (Wildman–Crippen LogP) is 2.32. The number of ketones is 2. The highest BCUT2D eigenvalue weighted by Crippen LogP contribution is 2.33. The van der Waals surface area contributed by atoms with Gasteiger partial charge in [-0.1, -0.05) is 42.5 Å². The first kappa shape index (κ1) is 21.6. The number of carbonyl (C=O) groups excluding carboxylic acids is 2. The molecule has 34 heavy (non-hydrogen) atoms. The number of allylic oxidation sites excluding steroid dienone is 1. The molecule has 6 rings (SSSR count). The van der Waals surface area contributed by atoms with Crippen LogP contribution in [-0.4, -0.2) is 82.8 Å². The monoisotopic (exact) mass is 456 g/mol. The summed E-state index contributed by atoms with van der Waals surface area (Å²) in [6.45, 7) is 5.41. The van der Waals surface area contributed by atoms with E-state index in [1.807, 2.05) is 45.0 Å². The summed E-state index contributed by atoms with van der Waals surface area (Å²) in [5.41, 5.74) is 3.49. The van der Waals surface area contributed by atoms with Gasteiger partial charge in [-0.3, -0.25) is 14.6 Å². The number of carboxylic acid groups (broad SMARTS) is 1. The Kier molecular flexibility index (Phi) is 5.71. The first-order chi connectivity index (χ1) is 16.5. The molecule has 8 nitrogen and oxygen atoms in total. The van der Waals surface area contributed by atoms with Crippen molar-refractivity contribution in [1.29, 1.82) is 0 Å². The number of para-hydroxylation sites is 1. The Morgan fingerprint density at radius 3 is 2.00 bits per heavy atom. The van der Waals surface area contributed by atoms with E-state index in [1.54, 1.807) is 30.5 Å². The summed E-state index contributed by atoms with van der Waals surface area (Å²) in [7, 11) is 0. The topological polar surface area (TPSA) is 92.8 Å². The lowest BCUT2D eigenvalue weighted by molar-refractivity contribution is -0.117. The zero-order valence-corrected chi connectivity index (χ0v) is 18.6. The van der Waals surface area contributed by atoms with Crippen LogP contribution >= 0.6 is 0 Å². The predicted molar refractivity (Wildman–Crippen MR) is 127 cm³/mol. The van der Waals surface area contributed by atoms with Crippen molar-refractivity contribution in [1.82, 2.24) is 14.7 Å². The summed E-state index contributed by atoms with van der Waals surface area (Å²) in [6, 6.07) is 16.2. The van der Waals surface area contributed by atoms with Crippen LogP contribution in [0.5, 0.6) is 0 Å². The van der Waals surface area contributed by atoms with Gasteiger partial charge in [-0.2, -0.15) is 0 Å². The number of benzene rings is 2. The Morgan fingerprint density at radius 2 is 1.38 bits per heavy atom. The Balaban J connectivity index is 0.000000142. The van der Waals surface area contributed by atoms with Crippen molar-refractivity contribution >= 4 is 29.4 Å². The minimum Gasteiger partial charge on any atom is -0.478 e. The lowest BCUT2D eigenvalue weighted by Crippen LogP contribution is -2.29. The molecule has 3 saturated heterocycles. The van der Waals surface area contributed by atoms with Crippen molar-refractivity contribution in [3.63, 3.8) is 0 Å². The second-order valence-corrected chi connectivity index (χ2v) is 8.37. The highest BCUT2D eigenvalue weighted by Gasteiger charge is 2.43. The van der Waals surface area contributed by atoms with Crippen LogP contribution in [0.4, 0.5) is 5.69 Å². The molecule has 8 heteroatoms. The molecule has 172 valence electrons. The van der Waals surface area contributed by atoms with Gasteiger partial charge >= 0.3 is 5.97 Å². The molecule has 3 aliphatic heterocycles. The quantitative estimate of drug-likeness (QED) is 0.405. The SMILES string of the molecule is O=C(O)c1ccccc1N=Cc1ccccc1.O=C1C=C(N2CC2)C(=O)C(N2CC2)=C1N1CC1. The van der Waals surface area contributed by atoms with Crippen molar-refractivity contribution in [2.24, 2.45) is 4.99 Å². The van der Waals surface area contributed by atoms with E-state index in [0.717, 1.165) is 44.8 Å². The Hall–Kier alpha value is -4.20. The summed E-state index contributed by atoms with van der Waals surface area (Å²) in [6.07, 6.45) is 3.18. The number of aliphatic imine (C=N–C) groups is 1. The molecule has 0 unspecified atom stereocenters. The molecule has 0 aromatic heterocycles. The molecular formula is C26H24N4O4. The zero-order valence-electron chi connectivity index (χ0n) is 18.6. The van der Waals surface area contributed by atoms with Crippen LogP contribution in [-0.2, 0) is 9.59 Å². The van der Waals surface area contributed by atoms with Crippen LogP contribution in [0.25, 0.3) is 0 Å². The number of Topliss-reactive ketones (excluding diaryl/α,β-unsaturated/α-hetero) is 1. The second kappa shape index (κ2) is 8.97. The molecule has 0 bridgehead atoms. The van der Waals surface area contributed by atoms with Crippen molar-refractivity contribution in [2.45, 2.75) is 0 Å². The Bertz CT molecular complexity index is 1240. The standard InChI is InChI=1S/C14H11NO2.C12H13N3O2/c16-14(17)12-8-4-5-9-13(12)15-10-11-6-2-1-3-7-11;16-9-7-8(13-1-2-13)12(17)11(15-5-6-15)10(9)14-3-4-14/h1-10H,(H,16,17);7H,1-6H2. The summed E-state index contributed by atoms with van der Waals surface area (Å²) >= 11 is 0. The first-order valence-electron chi connectivity index (χ1n) is 11.2. The van der Waals surface area contributed by atoms with Crippen molar-refractivity contribution < 1.29 is 19.5 Å². The van der Waals surface area contributed by atoms with E-state index >= 15 is 0 Å². The molecule has 0 radical (unpaired) electrons. The first-order valence-corrected chi connectivity index (χ1v) is 11.2. The van der Waals surface area contributed by atoms with Crippen LogP contribution in [0.1, 0.15) is 15.9 Å². The highest BCUT2D eigenvalue weighted by molar-refractivity contribution is 6.22. The number of hydrogen-bond donors (Lipinski definition) is 1. The molecule has 0 amide bonds. The van der Waals surface area contributed by atoms with Gasteiger partial charge in [-0.15, -0.1) is 0 Å². The number of carboxylic acids is 1. The number of carbonyl (C=O) groups is 3. The maximum Gasteiger partial charge on any atom is 0.337 e. The second-order valence-electron chi connectivity index (χ2n) is 8.37. The van der Waals surface area contributed by atoms with Crippen molar-refractivity contribution in [3.8, 4) is 0 Å². The third kappa shape index (κ3) is 4.76. The normalized spacial score (nSPS) is 18.6. The minimum atomic E-state index is -0.967. The van der Waals surface area contributed by atoms with Gasteiger partial charge in [-0.05, 0) is 17.7 Å². The van der Waals surface area contributed by atoms with Gasteiger partial charge in [0.05, 0.1) is 16.9 Å². The molecule has 0 spiro atoms. The Labute approximate surface area is 197 Å². The van der Waals surface area contributed by atoms with Gasteiger partial charge in [0.15, 0.2) is 0 Å². The maximum absolute atomic E-state index is 12.4. The summed E-state index contributed by atoms with van der Waals surface area (Å²) < 4.78 is 0. The number of aromatic carboxylic acids is 1. The van der Waals surface area contributed by atoms with Crippen molar-refractivity contribution in [2.75, 3.05) is 39.3 Å². The molecule has 2 aromatic carbocycles. The molecule has 1 N–H and O–H groups in total. The molecule has 0 atom stereocenters. The van der Waals surface area contributed by atoms with Crippen LogP contribution in [0.3, 0.4) is 0 Å². The third-order valence-corrected chi connectivity index (χ3v) is 5.77. The molecule has 2 aromatic rings.